The lowest BCUT2D eigenvalue weighted by Gasteiger charge is -2.24. The molecule has 7 heteroatoms. The second-order valence-corrected chi connectivity index (χ2v) is 11.3. The maximum absolute atomic E-state index is 15.1. The molecule has 1 saturated heterocycles. The van der Waals surface area contributed by atoms with E-state index in [1.165, 1.54) is 11.6 Å². The van der Waals surface area contributed by atoms with Gasteiger partial charge in [0, 0.05) is 36.0 Å². The monoisotopic (exact) mass is 549 g/mol. The third kappa shape index (κ3) is 7.28. The Kier molecular flexibility index (Phi) is 9.46. The molecule has 1 aliphatic heterocycles. The van der Waals surface area contributed by atoms with E-state index in [-0.39, 0.29) is 30.0 Å². The van der Waals surface area contributed by atoms with Crippen molar-refractivity contribution in [1.29, 1.82) is 0 Å². The SMILES string of the molecule is CCOC(=O)C(C)(C)Oc1ccc(C[C@H]2CN(Cc3ccccc3)CC2C(=O)c2ccc(SC)cc2)cc1F. The first-order chi connectivity index (χ1) is 18.7. The first kappa shape index (κ1) is 28.8. The summed E-state index contributed by atoms with van der Waals surface area (Å²) < 4.78 is 25.8. The molecule has 0 bridgehead atoms. The van der Waals surface area contributed by atoms with Crippen LogP contribution in [0.2, 0.25) is 0 Å². The minimum atomic E-state index is -1.31. The Hall–Kier alpha value is -3.16. The number of thioether (sulfide) groups is 1. The van der Waals surface area contributed by atoms with Gasteiger partial charge in [0.2, 0.25) is 0 Å². The average Bonchev–Trinajstić information content (AvgIpc) is 3.32. The molecule has 39 heavy (non-hydrogen) atoms. The Bertz CT molecular complexity index is 1280. The van der Waals surface area contributed by atoms with Crippen LogP contribution in [0.4, 0.5) is 4.39 Å². The molecule has 0 aromatic heterocycles. The Morgan fingerprint density at radius 2 is 1.72 bits per heavy atom. The van der Waals surface area contributed by atoms with Crippen LogP contribution in [0.1, 0.15) is 42.3 Å². The average molecular weight is 550 g/mol. The fraction of sp³-hybridized carbons (Fsp3) is 0.375. The smallest absolute Gasteiger partial charge is 0.349 e. The van der Waals surface area contributed by atoms with Crippen LogP contribution in [0.25, 0.3) is 0 Å². The van der Waals surface area contributed by atoms with Crippen LogP contribution in [-0.4, -0.2) is 48.2 Å². The number of likely N-dealkylation sites (tertiary alicyclic amines) is 1. The summed E-state index contributed by atoms with van der Waals surface area (Å²) in [4.78, 5) is 29.3. The number of carbonyl (C=O) groups is 2. The van der Waals surface area contributed by atoms with Crippen LogP contribution in [0.15, 0.2) is 77.7 Å². The molecule has 206 valence electrons. The lowest BCUT2D eigenvalue weighted by Crippen LogP contribution is -2.40. The summed E-state index contributed by atoms with van der Waals surface area (Å²) >= 11 is 1.64. The summed E-state index contributed by atoms with van der Waals surface area (Å²) in [6.07, 6.45) is 2.57. The second-order valence-electron chi connectivity index (χ2n) is 10.4. The molecule has 1 fully saturated rings. The maximum Gasteiger partial charge on any atom is 0.349 e. The van der Waals surface area contributed by atoms with Gasteiger partial charge < -0.3 is 9.47 Å². The summed E-state index contributed by atoms with van der Waals surface area (Å²) in [5.41, 5.74) is 1.38. The Morgan fingerprint density at radius 1 is 1.00 bits per heavy atom. The minimum Gasteiger partial charge on any atom is -0.473 e. The third-order valence-corrected chi connectivity index (χ3v) is 7.85. The Morgan fingerprint density at radius 3 is 2.36 bits per heavy atom. The van der Waals surface area contributed by atoms with E-state index in [0.29, 0.717) is 18.5 Å². The van der Waals surface area contributed by atoms with Crippen LogP contribution < -0.4 is 4.74 Å². The van der Waals surface area contributed by atoms with E-state index in [1.807, 2.05) is 54.8 Å². The Balaban J connectivity index is 1.52. The molecule has 0 amide bonds. The highest BCUT2D eigenvalue weighted by atomic mass is 32.2. The number of Topliss-reactive ketones (excluding diaryl/α,β-unsaturated/α-hetero) is 1. The number of nitrogens with zero attached hydrogens (tertiary/aromatic N) is 1. The number of ketones is 1. The first-order valence-electron chi connectivity index (χ1n) is 13.3. The summed E-state index contributed by atoms with van der Waals surface area (Å²) in [6.45, 7) is 7.20. The van der Waals surface area contributed by atoms with Crippen molar-refractivity contribution in [2.45, 2.75) is 44.2 Å². The van der Waals surface area contributed by atoms with Gasteiger partial charge >= 0.3 is 5.97 Å². The minimum absolute atomic E-state index is 0.00422. The zero-order valence-electron chi connectivity index (χ0n) is 23.0. The quantitative estimate of drug-likeness (QED) is 0.156. The van der Waals surface area contributed by atoms with Gasteiger partial charge in [-0.05, 0) is 74.8 Å². The molecule has 1 heterocycles. The van der Waals surface area contributed by atoms with Crippen LogP contribution in [0.5, 0.6) is 5.75 Å². The number of carbonyl (C=O) groups excluding carboxylic acids is 2. The largest absolute Gasteiger partial charge is 0.473 e. The third-order valence-electron chi connectivity index (χ3n) is 7.10. The van der Waals surface area contributed by atoms with Crippen molar-refractivity contribution in [2.24, 2.45) is 11.8 Å². The molecule has 4 rings (SSSR count). The molecular formula is C32H36FNO4S. The van der Waals surface area contributed by atoms with Crippen molar-refractivity contribution in [2.75, 3.05) is 26.0 Å². The van der Waals surface area contributed by atoms with Crippen LogP contribution >= 0.6 is 11.8 Å². The van der Waals surface area contributed by atoms with Crippen molar-refractivity contribution < 1.29 is 23.5 Å². The predicted molar refractivity (Wildman–Crippen MR) is 153 cm³/mol. The number of ether oxygens (including phenoxy) is 2. The molecule has 0 saturated carbocycles. The van der Waals surface area contributed by atoms with Gasteiger partial charge in [-0.1, -0.05) is 48.5 Å². The zero-order chi connectivity index (χ0) is 28.0. The van der Waals surface area contributed by atoms with Gasteiger partial charge in [0.05, 0.1) is 6.61 Å². The fourth-order valence-corrected chi connectivity index (χ4v) is 5.49. The molecule has 3 aromatic carbocycles. The predicted octanol–water partition coefficient (Wildman–Crippen LogP) is 6.44. The highest BCUT2D eigenvalue weighted by molar-refractivity contribution is 7.98. The molecular weight excluding hydrogens is 513 g/mol. The molecule has 5 nitrogen and oxygen atoms in total. The number of halogens is 1. The summed E-state index contributed by atoms with van der Waals surface area (Å²) in [6, 6.07) is 22.8. The van der Waals surface area contributed by atoms with E-state index in [0.717, 1.165) is 23.5 Å². The lowest BCUT2D eigenvalue weighted by atomic mass is 9.84. The molecule has 0 N–H and O–H groups in total. The summed E-state index contributed by atoms with van der Waals surface area (Å²) in [7, 11) is 0. The summed E-state index contributed by atoms with van der Waals surface area (Å²) in [5, 5.41) is 0. The molecule has 3 aromatic rings. The van der Waals surface area contributed by atoms with Gasteiger partial charge in [-0.3, -0.25) is 9.69 Å². The molecule has 0 aliphatic carbocycles. The van der Waals surface area contributed by atoms with Crippen LogP contribution in [-0.2, 0) is 22.5 Å². The molecule has 2 atom stereocenters. The normalized spacial score (nSPS) is 17.7. The lowest BCUT2D eigenvalue weighted by molar-refractivity contribution is -0.158. The van der Waals surface area contributed by atoms with E-state index in [1.54, 1.807) is 38.6 Å². The number of hydrogen-bond acceptors (Lipinski definition) is 6. The fourth-order valence-electron chi connectivity index (χ4n) is 5.08. The number of hydrogen-bond donors (Lipinski definition) is 0. The number of esters is 1. The number of rotatable bonds is 11. The van der Waals surface area contributed by atoms with E-state index in [2.05, 4.69) is 17.0 Å². The van der Waals surface area contributed by atoms with Crippen molar-refractivity contribution >= 4 is 23.5 Å². The van der Waals surface area contributed by atoms with Crippen molar-refractivity contribution in [3.63, 3.8) is 0 Å². The second kappa shape index (κ2) is 12.8. The van der Waals surface area contributed by atoms with E-state index < -0.39 is 17.4 Å². The van der Waals surface area contributed by atoms with Gasteiger partial charge in [0.25, 0.3) is 0 Å². The number of benzene rings is 3. The van der Waals surface area contributed by atoms with Gasteiger partial charge in [0.1, 0.15) is 0 Å². The Labute approximate surface area is 234 Å². The van der Waals surface area contributed by atoms with E-state index in [4.69, 9.17) is 9.47 Å². The summed E-state index contributed by atoms with van der Waals surface area (Å²) in [5.74, 6) is -1.14. The molecule has 1 aliphatic rings. The standard InChI is InChI=1S/C32H36FNO4S/c1-5-37-31(36)32(2,3)38-29-16-11-23(18-28(29)33)17-25-20-34(19-22-9-7-6-8-10-22)21-27(25)30(35)24-12-14-26(39-4)15-13-24/h6-16,18,25,27H,5,17,19-21H2,1-4H3/t25-,27?/m0/s1. The van der Waals surface area contributed by atoms with Gasteiger partial charge in [0.15, 0.2) is 23.0 Å². The maximum atomic E-state index is 15.1. The zero-order valence-corrected chi connectivity index (χ0v) is 23.8. The van der Waals surface area contributed by atoms with Crippen molar-refractivity contribution in [1.82, 2.24) is 4.90 Å². The first-order valence-corrected chi connectivity index (χ1v) is 14.5. The topological polar surface area (TPSA) is 55.8 Å². The van der Waals surface area contributed by atoms with Crippen molar-refractivity contribution in [3.8, 4) is 5.75 Å². The van der Waals surface area contributed by atoms with E-state index in [9.17, 15) is 9.59 Å². The molecule has 0 radical (unpaired) electrons. The highest BCUT2D eigenvalue weighted by Crippen LogP contribution is 2.33. The van der Waals surface area contributed by atoms with Crippen LogP contribution in [0, 0.1) is 17.7 Å². The van der Waals surface area contributed by atoms with Crippen molar-refractivity contribution in [3.05, 3.63) is 95.3 Å². The molecule has 1 unspecified atom stereocenters. The van der Waals surface area contributed by atoms with Gasteiger partial charge in [-0.2, -0.15) is 0 Å². The van der Waals surface area contributed by atoms with Gasteiger partial charge in [-0.25, -0.2) is 9.18 Å². The van der Waals surface area contributed by atoms with E-state index >= 15 is 4.39 Å². The van der Waals surface area contributed by atoms with Gasteiger partial charge in [-0.15, -0.1) is 11.8 Å². The highest BCUT2D eigenvalue weighted by Gasteiger charge is 2.38. The molecule has 0 spiro atoms. The van der Waals surface area contributed by atoms with Crippen LogP contribution in [0.3, 0.4) is 0 Å².